The minimum atomic E-state index is 0.323. The smallest absolute Gasteiger partial charge is 0.109 e. The highest BCUT2D eigenvalue weighted by molar-refractivity contribution is 14.1. The van der Waals surface area contributed by atoms with Crippen molar-refractivity contribution in [2.75, 3.05) is 13.2 Å². The molecule has 1 aliphatic carbocycles. The Hall–Kier alpha value is -0.140. The van der Waals surface area contributed by atoms with E-state index in [-0.39, 0.29) is 0 Å². The van der Waals surface area contributed by atoms with Crippen LogP contribution in [0.3, 0.4) is 0 Å². The van der Waals surface area contributed by atoms with Crippen LogP contribution in [0.5, 0.6) is 0 Å². The van der Waals surface area contributed by atoms with E-state index in [0.717, 1.165) is 13.0 Å². The second-order valence-corrected chi connectivity index (χ2v) is 6.68. The molecule has 3 aliphatic rings. The van der Waals surface area contributed by atoms with Gasteiger partial charge in [0.25, 0.3) is 0 Å². The second-order valence-electron chi connectivity index (χ2n) is 6.06. The maximum absolute atomic E-state index is 5.50. The van der Waals surface area contributed by atoms with Crippen LogP contribution in [0, 0.1) is 0 Å². The van der Waals surface area contributed by atoms with E-state index in [1.165, 1.54) is 37.1 Å². The van der Waals surface area contributed by atoms with Crippen LogP contribution in [0.15, 0.2) is 6.20 Å². The van der Waals surface area contributed by atoms with Crippen LogP contribution in [-0.4, -0.2) is 39.4 Å². The van der Waals surface area contributed by atoms with E-state index < -0.39 is 0 Å². The van der Waals surface area contributed by atoms with E-state index in [1.54, 1.807) is 0 Å². The van der Waals surface area contributed by atoms with Gasteiger partial charge in [-0.3, -0.25) is 9.58 Å². The van der Waals surface area contributed by atoms with E-state index in [1.807, 2.05) is 11.7 Å². The van der Waals surface area contributed by atoms with Gasteiger partial charge < -0.3 is 3.07 Å². The van der Waals surface area contributed by atoms with Crippen molar-refractivity contribution >= 4 is 23.0 Å². The molecule has 0 bridgehead atoms. The van der Waals surface area contributed by atoms with Gasteiger partial charge in [-0.1, -0.05) is 0 Å². The standard InChI is InChI=1S/C13H18IN3O/c1-16-7-10-9-6-13(8-18-14)3-2-4-17(13)12(9)5-11(10)15-16/h7,9,12H,2-6,8H2,1H3. The Balaban J connectivity index is 1.70. The first kappa shape index (κ1) is 11.7. The van der Waals surface area contributed by atoms with Crippen LogP contribution < -0.4 is 0 Å². The summed E-state index contributed by atoms with van der Waals surface area (Å²) >= 11 is 2.05. The molecule has 98 valence electrons. The highest BCUT2D eigenvalue weighted by Gasteiger charge is 2.57. The molecule has 2 saturated heterocycles. The van der Waals surface area contributed by atoms with E-state index >= 15 is 0 Å². The summed E-state index contributed by atoms with van der Waals surface area (Å²) in [5, 5.41) is 4.61. The number of aryl methyl sites for hydroxylation is 1. The number of hydrogen-bond donors (Lipinski definition) is 0. The van der Waals surface area contributed by atoms with Crippen molar-refractivity contribution in [3.63, 3.8) is 0 Å². The van der Waals surface area contributed by atoms with Gasteiger partial charge in [0, 0.05) is 37.2 Å². The first-order valence-corrected chi connectivity index (χ1v) is 7.64. The number of rotatable bonds is 2. The molecular weight excluding hydrogens is 341 g/mol. The fourth-order valence-electron chi connectivity index (χ4n) is 4.56. The molecule has 5 heteroatoms. The van der Waals surface area contributed by atoms with Gasteiger partial charge in [-0.15, -0.1) is 0 Å². The van der Waals surface area contributed by atoms with Gasteiger partial charge in [-0.2, -0.15) is 5.10 Å². The van der Waals surface area contributed by atoms with Crippen molar-refractivity contribution in [1.82, 2.24) is 14.7 Å². The quantitative estimate of drug-likeness (QED) is 0.758. The molecule has 1 aromatic heterocycles. The summed E-state index contributed by atoms with van der Waals surface area (Å²) in [7, 11) is 2.03. The molecule has 3 heterocycles. The molecule has 0 N–H and O–H groups in total. The molecule has 1 aromatic rings. The zero-order valence-corrected chi connectivity index (χ0v) is 12.8. The van der Waals surface area contributed by atoms with E-state index in [2.05, 4.69) is 39.2 Å². The van der Waals surface area contributed by atoms with Crippen molar-refractivity contribution in [1.29, 1.82) is 0 Å². The molecular formula is C13H18IN3O. The fourth-order valence-corrected chi connectivity index (χ4v) is 5.14. The number of aromatic nitrogens is 2. The summed E-state index contributed by atoms with van der Waals surface area (Å²) in [4.78, 5) is 2.73. The third-order valence-corrected chi connectivity index (χ3v) is 5.49. The summed E-state index contributed by atoms with van der Waals surface area (Å²) in [6.45, 7) is 2.13. The maximum Gasteiger partial charge on any atom is 0.109 e. The lowest BCUT2D eigenvalue weighted by Gasteiger charge is -2.33. The SMILES string of the molecule is Cn1cc2c(n1)CC1C2CC2(COI)CCCN12. The van der Waals surface area contributed by atoms with Crippen LogP contribution in [0.2, 0.25) is 0 Å². The minimum Gasteiger partial charge on any atom is -0.314 e. The maximum atomic E-state index is 5.50. The normalized spacial score (nSPS) is 37.9. The van der Waals surface area contributed by atoms with Crippen molar-refractivity contribution in [2.24, 2.45) is 7.05 Å². The molecule has 0 spiro atoms. The molecule has 18 heavy (non-hydrogen) atoms. The topological polar surface area (TPSA) is 30.3 Å². The lowest BCUT2D eigenvalue weighted by atomic mass is 9.88. The average Bonchev–Trinajstić information content (AvgIpc) is 2.98. The van der Waals surface area contributed by atoms with Crippen LogP contribution in [0.4, 0.5) is 0 Å². The molecule has 0 aromatic carbocycles. The highest BCUT2D eigenvalue weighted by atomic mass is 127. The van der Waals surface area contributed by atoms with Crippen molar-refractivity contribution < 1.29 is 3.07 Å². The number of nitrogens with zero attached hydrogens (tertiary/aromatic N) is 3. The summed E-state index contributed by atoms with van der Waals surface area (Å²) in [5.41, 5.74) is 3.16. The van der Waals surface area contributed by atoms with Crippen molar-refractivity contribution in [3.8, 4) is 0 Å². The van der Waals surface area contributed by atoms with E-state index in [9.17, 15) is 0 Å². The molecule has 2 aliphatic heterocycles. The summed E-state index contributed by atoms with van der Waals surface area (Å²) in [6.07, 6.45) is 7.28. The first-order chi connectivity index (χ1) is 8.73. The Bertz CT molecular complexity index is 489. The highest BCUT2D eigenvalue weighted by Crippen LogP contribution is 2.53. The molecule has 0 amide bonds. The third-order valence-electron chi connectivity index (χ3n) is 5.18. The van der Waals surface area contributed by atoms with Crippen LogP contribution in [0.1, 0.15) is 36.4 Å². The van der Waals surface area contributed by atoms with E-state index in [0.29, 0.717) is 17.5 Å². The van der Waals surface area contributed by atoms with Crippen LogP contribution in [0.25, 0.3) is 0 Å². The average molecular weight is 359 g/mol. The molecule has 2 fully saturated rings. The number of hydrogen-bond acceptors (Lipinski definition) is 3. The predicted molar refractivity (Wildman–Crippen MR) is 76.7 cm³/mol. The molecule has 3 atom stereocenters. The molecule has 0 saturated carbocycles. The summed E-state index contributed by atoms with van der Waals surface area (Å²) < 4.78 is 7.47. The Morgan fingerprint density at radius 1 is 1.61 bits per heavy atom. The molecule has 3 unspecified atom stereocenters. The lowest BCUT2D eigenvalue weighted by Crippen LogP contribution is -2.45. The Morgan fingerprint density at radius 2 is 2.50 bits per heavy atom. The fraction of sp³-hybridized carbons (Fsp3) is 0.769. The van der Waals surface area contributed by atoms with Gasteiger partial charge in [0.15, 0.2) is 0 Å². The lowest BCUT2D eigenvalue weighted by molar-refractivity contribution is 0.109. The largest absolute Gasteiger partial charge is 0.314 e. The Labute approximate surface area is 121 Å². The van der Waals surface area contributed by atoms with E-state index in [4.69, 9.17) is 3.07 Å². The Kier molecular flexibility index (Phi) is 2.55. The van der Waals surface area contributed by atoms with Gasteiger partial charge in [-0.05, 0) is 31.4 Å². The van der Waals surface area contributed by atoms with Crippen molar-refractivity contribution in [2.45, 2.75) is 43.2 Å². The number of halogens is 1. The second kappa shape index (κ2) is 3.93. The van der Waals surface area contributed by atoms with Crippen LogP contribution in [-0.2, 0) is 16.5 Å². The van der Waals surface area contributed by atoms with Crippen LogP contribution >= 0.6 is 23.0 Å². The molecule has 4 nitrogen and oxygen atoms in total. The van der Waals surface area contributed by atoms with Gasteiger partial charge in [0.2, 0.25) is 0 Å². The molecule has 0 radical (unpaired) electrons. The van der Waals surface area contributed by atoms with Gasteiger partial charge in [0.1, 0.15) is 23.0 Å². The summed E-state index contributed by atoms with van der Waals surface area (Å²) in [6, 6.07) is 0.692. The molecule has 4 rings (SSSR count). The summed E-state index contributed by atoms with van der Waals surface area (Å²) in [5.74, 6) is 0.695. The van der Waals surface area contributed by atoms with Crippen molar-refractivity contribution in [3.05, 3.63) is 17.5 Å². The zero-order chi connectivity index (χ0) is 12.3. The monoisotopic (exact) mass is 359 g/mol. The predicted octanol–water partition coefficient (Wildman–Crippen LogP) is 2.03. The zero-order valence-electron chi connectivity index (χ0n) is 10.6. The van der Waals surface area contributed by atoms with Gasteiger partial charge in [-0.25, -0.2) is 0 Å². The third kappa shape index (κ3) is 1.41. The van der Waals surface area contributed by atoms with Gasteiger partial charge in [0.05, 0.1) is 12.3 Å². The Morgan fingerprint density at radius 3 is 3.33 bits per heavy atom. The van der Waals surface area contributed by atoms with Gasteiger partial charge >= 0.3 is 0 Å². The minimum absolute atomic E-state index is 0.323. The number of fused-ring (bicyclic) bond motifs is 5. The first-order valence-electron chi connectivity index (χ1n) is 6.76.